The number of benzene rings is 1. The van der Waals surface area contributed by atoms with Crippen molar-refractivity contribution in [1.82, 2.24) is 4.98 Å². The van der Waals surface area contributed by atoms with E-state index in [2.05, 4.69) is 50.0 Å². The van der Waals surface area contributed by atoms with Crippen LogP contribution in [0.3, 0.4) is 0 Å². The Bertz CT molecular complexity index is 526. The Balaban J connectivity index is 1.96. The predicted octanol–water partition coefficient (Wildman–Crippen LogP) is 3.53. The van der Waals surface area contributed by atoms with Crippen molar-refractivity contribution in [3.05, 3.63) is 65.5 Å². The molecule has 0 spiro atoms. The fourth-order valence-corrected chi connectivity index (χ4v) is 2.28. The molecule has 0 saturated carbocycles. The van der Waals surface area contributed by atoms with Crippen LogP contribution in [-0.2, 0) is 18.3 Å². The van der Waals surface area contributed by atoms with Crippen LogP contribution in [0, 0.1) is 0 Å². The molecular formula is C18H23NO. The van der Waals surface area contributed by atoms with E-state index >= 15 is 0 Å². The molecule has 1 aromatic carbocycles. The molecule has 2 rings (SSSR count). The maximum absolute atomic E-state index is 10.2. The molecule has 1 aromatic heterocycles. The van der Waals surface area contributed by atoms with Crippen LogP contribution in [0.1, 0.15) is 37.5 Å². The highest BCUT2D eigenvalue weighted by atomic mass is 16.3. The Morgan fingerprint density at radius 3 is 1.90 bits per heavy atom. The molecule has 2 nitrogen and oxygen atoms in total. The topological polar surface area (TPSA) is 33.1 Å². The van der Waals surface area contributed by atoms with Gasteiger partial charge in [-0.25, -0.2) is 0 Å². The van der Waals surface area contributed by atoms with E-state index in [9.17, 15) is 5.11 Å². The van der Waals surface area contributed by atoms with Gasteiger partial charge in [0.1, 0.15) is 0 Å². The Labute approximate surface area is 121 Å². The molecule has 2 heteroatoms. The summed E-state index contributed by atoms with van der Waals surface area (Å²) in [6.45, 7) is 6.63. The van der Waals surface area contributed by atoms with E-state index in [4.69, 9.17) is 0 Å². The molecule has 0 aliphatic carbocycles. The van der Waals surface area contributed by atoms with Gasteiger partial charge < -0.3 is 5.11 Å². The molecule has 1 atom stereocenters. The van der Waals surface area contributed by atoms with Crippen LogP contribution >= 0.6 is 0 Å². The van der Waals surface area contributed by atoms with Gasteiger partial charge >= 0.3 is 0 Å². The van der Waals surface area contributed by atoms with Crippen molar-refractivity contribution in [1.29, 1.82) is 0 Å². The minimum absolute atomic E-state index is 0.175. The van der Waals surface area contributed by atoms with E-state index in [0.717, 1.165) is 5.56 Å². The van der Waals surface area contributed by atoms with Gasteiger partial charge in [-0.1, -0.05) is 45.0 Å². The lowest BCUT2D eigenvalue weighted by Gasteiger charge is -2.19. The van der Waals surface area contributed by atoms with Gasteiger partial charge in [-0.05, 0) is 47.1 Å². The van der Waals surface area contributed by atoms with Crippen LogP contribution in [0.4, 0.5) is 0 Å². The summed E-state index contributed by atoms with van der Waals surface area (Å²) in [5, 5.41) is 10.2. The first kappa shape index (κ1) is 14.7. The first-order chi connectivity index (χ1) is 9.45. The molecule has 0 amide bonds. The summed E-state index contributed by atoms with van der Waals surface area (Å²) in [6, 6.07) is 12.5. The lowest BCUT2D eigenvalue weighted by atomic mass is 9.86. The third-order valence-corrected chi connectivity index (χ3v) is 3.51. The van der Waals surface area contributed by atoms with Crippen LogP contribution in [-0.4, -0.2) is 16.2 Å². The Morgan fingerprint density at radius 2 is 1.40 bits per heavy atom. The maximum Gasteiger partial charge on any atom is 0.0620 e. The van der Waals surface area contributed by atoms with Gasteiger partial charge in [-0.3, -0.25) is 4.98 Å². The van der Waals surface area contributed by atoms with Gasteiger partial charge in [0, 0.05) is 12.4 Å². The second kappa shape index (κ2) is 6.19. The molecule has 2 aromatic rings. The summed E-state index contributed by atoms with van der Waals surface area (Å²) in [7, 11) is 0. The minimum atomic E-state index is -0.349. The third kappa shape index (κ3) is 4.17. The molecule has 0 saturated heterocycles. The van der Waals surface area contributed by atoms with Crippen molar-refractivity contribution >= 4 is 0 Å². The third-order valence-electron chi connectivity index (χ3n) is 3.51. The van der Waals surface area contributed by atoms with Crippen molar-refractivity contribution < 1.29 is 5.11 Å². The SMILES string of the molecule is CC(C)(C)c1ccc(CC(O)Cc2ccncc2)cc1. The average Bonchev–Trinajstić information content (AvgIpc) is 2.39. The number of rotatable bonds is 4. The van der Waals surface area contributed by atoms with Crippen LogP contribution in [0.25, 0.3) is 0 Å². The number of pyridine rings is 1. The number of hydrogen-bond acceptors (Lipinski definition) is 2. The second-order valence-electron chi connectivity index (χ2n) is 6.36. The summed E-state index contributed by atoms with van der Waals surface area (Å²) in [5.41, 5.74) is 3.80. The van der Waals surface area contributed by atoms with Gasteiger partial charge in [-0.2, -0.15) is 0 Å². The molecule has 0 aliphatic rings. The normalized spacial score (nSPS) is 13.2. The van der Waals surface area contributed by atoms with E-state index in [-0.39, 0.29) is 11.5 Å². The summed E-state index contributed by atoms with van der Waals surface area (Å²) in [6.07, 6.45) is 4.54. The zero-order valence-electron chi connectivity index (χ0n) is 12.5. The smallest absolute Gasteiger partial charge is 0.0620 e. The molecule has 0 aliphatic heterocycles. The number of aromatic nitrogens is 1. The molecule has 0 bridgehead atoms. The van der Waals surface area contributed by atoms with Crippen LogP contribution in [0.2, 0.25) is 0 Å². The zero-order valence-corrected chi connectivity index (χ0v) is 12.5. The molecule has 20 heavy (non-hydrogen) atoms. The van der Waals surface area contributed by atoms with Crippen LogP contribution < -0.4 is 0 Å². The van der Waals surface area contributed by atoms with Gasteiger partial charge in [0.05, 0.1) is 6.10 Å². The predicted molar refractivity (Wildman–Crippen MR) is 82.8 cm³/mol. The fourth-order valence-electron chi connectivity index (χ4n) is 2.28. The van der Waals surface area contributed by atoms with E-state index in [0.29, 0.717) is 12.8 Å². The molecule has 106 valence electrons. The van der Waals surface area contributed by atoms with E-state index in [1.165, 1.54) is 11.1 Å². The quantitative estimate of drug-likeness (QED) is 0.921. The van der Waals surface area contributed by atoms with E-state index < -0.39 is 0 Å². The first-order valence-corrected chi connectivity index (χ1v) is 7.11. The second-order valence-corrected chi connectivity index (χ2v) is 6.36. The fraction of sp³-hybridized carbons (Fsp3) is 0.389. The van der Waals surface area contributed by atoms with Crippen molar-refractivity contribution in [2.24, 2.45) is 0 Å². The molecular weight excluding hydrogens is 246 g/mol. The Kier molecular flexibility index (Phi) is 4.56. The van der Waals surface area contributed by atoms with Gasteiger partial charge in [0.15, 0.2) is 0 Å². The lowest BCUT2D eigenvalue weighted by Crippen LogP contribution is -2.15. The van der Waals surface area contributed by atoms with Crippen LogP contribution in [0.5, 0.6) is 0 Å². The monoisotopic (exact) mass is 269 g/mol. The standard InChI is InChI=1S/C18H23NO/c1-18(2,3)16-6-4-14(5-7-16)12-17(20)13-15-8-10-19-11-9-15/h4-11,17,20H,12-13H2,1-3H3. The Hall–Kier alpha value is -1.67. The molecule has 1 unspecified atom stereocenters. The number of aliphatic hydroxyl groups excluding tert-OH is 1. The Morgan fingerprint density at radius 1 is 0.900 bits per heavy atom. The van der Waals surface area contributed by atoms with Crippen molar-refractivity contribution in [2.45, 2.75) is 45.1 Å². The van der Waals surface area contributed by atoms with Gasteiger partial charge in [-0.15, -0.1) is 0 Å². The lowest BCUT2D eigenvalue weighted by molar-refractivity contribution is 0.175. The summed E-state index contributed by atoms with van der Waals surface area (Å²) in [5.74, 6) is 0. The molecule has 0 fully saturated rings. The minimum Gasteiger partial charge on any atom is -0.392 e. The molecule has 0 radical (unpaired) electrons. The average molecular weight is 269 g/mol. The zero-order chi connectivity index (χ0) is 14.6. The van der Waals surface area contributed by atoms with Crippen LogP contribution in [0.15, 0.2) is 48.8 Å². The first-order valence-electron chi connectivity index (χ1n) is 7.11. The highest BCUT2D eigenvalue weighted by Crippen LogP contribution is 2.22. The molecule has 1 N–H and O–H groups in total. The summed E-state index contributed by atoms with van der Waals surface area (Å²) < 4.78 is 0. The highest BCUT2D eigenvalue weighted by molar-refractivity contribution is 5.28. The van der Waals surface area contributed by atoms with Crippen molar-refractivity contribution in [3.8, 4) is 0 Å². The number of hydrogen-bond donors (Lipinski definition) is 1. The van der Waals surface area contributed by atoms with Gasteiger partial charge in [0.25, 0.3) is 0 Å². The number of aliphatic hydroxyl groups is 1. The van der Waals surface area contributed by atoms with E-state index in [1.807, 2.05) is 12.1 Å². The molecule has 1 heterocycles. The largest absolute Gasteiger partial charge is 0.392 e. The summed E-state index contributed by atoms with van der Waals surface area (Å²) in [4.78, 5) is 3.99. The number of nitrogens with zero attached hydrogens (tertiary/aromatic N) is 1. The van der Waals surface area contributed by atoms with E-state index in [1.54, 1.807) is 12.4 Å². The van der Waals surface area contributed by atoms with Gasteiger partial charge in [0.2, 0.25) is 0 Å². The van der Waals surface area contributed by atoms with Crippen molar-refractivity contribution in [3.63, 3.8) is 0 Å². The summed E-state index contributed by atoms with van der Waals surface area (Å²) >= 11 is 0. The maximum atomic E-state index is 10.2. The highest BCUT2D eigenvalue weighted by Gasteiger charge is 2.13. The van der Waals surface area contributed by atoms with Crippen molar-refractivity contribution in [2.75, 3.05) is 0 Å².